The Kier molecular flexibility index (Phi) is 7.58. The van der Waals surface area contributed by atoms with Crippen molar-refractivity contribution in [1.29, 1.82) is 0 Å². The van der Waals surface area contributed by atoms with Gasteiger partial charge in [0.25, 0.3) is 11.1 Å². The van der Waals surface area contributed by atoms with Crippen LogP contribution >= 0.6 is 11.8 Å². The quantitative estimate of drug-likeness (QED) is 0.578. The van der Waals surface area contributed by atoms with Crippen LogP contribution < -0.4 is 14.8 Å². The van der Waals surface area contributed by atoms with Crippen molar-refractivity contribution in [3.63, 3.8) is 0 Å². The van der Waals surface area contributed by atoms with E-state index >= 15 is 0 Å². The maximum atomic E-state index is 12.8. The lowest BCUT2D eigenvalue weighted by Crippen LogP contribution is -2.36. The summed E-state index contributed by atoms with van der Waals surface area (Å²) in [5.74, 6) is 0.265. The predicted octanol–water partition coefficient (Wildman–Crippen LogP) is 4.78. The molecule has 0 spiro atoms. The van der Waals surface area contributed by atoms with Gasteiger partial charge in [0.15, 0.2) is 0 Å². The van der Waals surface area contributed by atoms with Gasteiger partial charge in [-0.05, 0) is 80.9 Å². The van der Waals surface area contributed by atoms with E-state index in [1.165, 1.54) is 0 Å². The number of aryl methyl sites for hydroxylation is 2. The molecule has 0 unspecified atom stereocenters. The number of thioether (sulfide) groups is 1. The Balaban J connectivity index is 1.74. The number of hydrogen-bond acceptors (Lipinski definition) is 6. The second kappa shape index (κ2) is 10.4. The van der Waals surface area contributed by atoms with Crippen molar-refractivity contribution in [2.75, 3.05) is 25.1 Å². The third-order valence-electron chi connectivity index (χ3n) is 4.85. The van der Waals surface area contributed by atoms with Crippen molar-refractivity contribution >= 4 is 40.6 Å². The lowest BCUT2D eigenvalue weighted by atomic mass is 10.1. The zero-order chi connectivity index (χ0) is 23.3. The minimum atomic E-state index is -0.508. The van der Waals surface area contributed by atoms with Crippen LogP contribution in [0.2, 0.25) is 0 Å². The van der Waals surface area contributed by atoms with Crippen LogP contribution in [0.5, 0.6) is 11.5 Å². The maximum Gasteiger partial charge on any atom is 0.294 e. The van der Waals surface area contributed by atoms with E-state index in [0.717, 1.165) is 27.8 Å². The van der Waals surface area contributed by atoms with Crippen LogP contribution in [0.15, 0.2) is 41.3 Å². The molecule has 1 N–H and O–H groups in total. The van der Waals surface area contributed by atoms with Crippen molar-refractivity contribution in [2.45, 2.75) is 27.7 Å². The van der Waals surface area contributed by atoms with Crippen molar-refractivity contribution in [1.82, 2.24) is 4.90 Å². The normalized spacial score (nSPS) is 14.8. The predicted molar refractivity (Wildman–Crippen MR) is 126 cm³/mol. The topological polar surface area (TPSA) is 84.9 Å². The number of nitrogens with one attached hydrogen (secondary N) is 1. The molecule has 3 amide bonds. The molecule has 1 saturated heterocycles. The molecule has 7 nitrogen and oxygen atoms in total. The second-order valence-electron chi connectivity index (χ2n) is 7.18. The van der Waals surface area contributed by atoms with Crippen LogP contribution in [0.3, 0.4) is 0 Å². The summed E-state index contributed by atoms with van der Waals surface area (Å²) >= 11 is 0.802. The molecule has 8 heteroatoms. The zero-order valence-corrected chi connectivity index (χ0v) is 19.4. The summed E-state index contributed by atoms with van der Waals surface area (Å²) in [4.78, 5) is 38.9. The second-order valence-corrected chi connectivity index (χ2v) is 8.17. The fraction of sp³-hybridized carbons (Fsp3) is 0.292. The average molecular weight is 455 g/mol. The van der Waals surface area contributed by atoms with Gasteiger partial charge in [-0.2, -0.15) is 0 Å². The van der Waals surface area contributed by atoms with Gasteiger partial charge in [-0.25, -0.2) is 0 Å². The minimum Gasteiger partial charge on any atom is -0.494 e. The molecule has 168 valence electrons. The van der Waals surface area contributed by atoms with Crippen molar-refractivity contribution < 1.29 is 23.9 Å². The molecular formula is C24H26N2O5S. The molecule has 0 atom stereocenters. The number of hydrogen-bond donors (Lipinski definition) is 1. The van der Waals surface area contributed by atoms with Gasteiger partial charge in [0, 0.05) is 17.3 Å². The van der Waals surface area contributed by atoms with E-state index < -0.39 is 17.1 Å². The molecule has 1 heterocycles. The summed E-state index contributed by atoms with van der Waals surface area (Å²) < 4.78 is 11.2. The molecular weight excluding hydrogens is 428 g/mol. The number of nitrogens with zero attached hydrogens (tertiary/aromatic N) is 1. The highest BCUT2D eigenvalue weighted by molar-refractivity contribution is 8.18. The fourth-order valence-corrected chi connectivity index (χ4v) is 3.94. The Morgan fingerprint density at radius 3 is 2.47 bits per heavy atom. The smallest absolute Gasteiger partial charge is 0.294 e. The molecule has 0 saturated carbocycles. The van der Waals surface area contributed by atoms with E-state index in [1.807, 2.05) is 39.8 Å². The number of carbonyl (C=O) groups is 3. The summed E-state index contributed by atoms with van der Waals surface area (Å²) in [6.07, 6.45) is 1.60. The first-order chi connectivity index (χ1) is 15.3. The third-order valence-corrected chi connectivity index (χ3v) is 5.76. The molecule has 0 radical (unpaired) electrons. The van der Waals surface area contributed by atoms with Gasteiger partial charge < -0.3 is 14.8 Å². The van der Waals surface area contributed by atoms with Crippen molar-refractivity contribution in [3.8, 4) is 11.5 Å². The minimum absolute atomic E-state index is 0.235. The summed E-state index contributed by atoms with van der Waals surface area (Å²) in [5, 5.41) is 2.25. The Morgan fingerprint density at radius 1 is 1.03 bits per heavy atom. The van der Waals surface area contributed by atoms with Crippen LogP contribution in [0.4, 0.5) is 10.5 Å². The molecule has 0 bridgehead atoms. The number of rotatable bonds is 8. The van der Waals surface area contributed by atoms with Gasteiger partial charge in [-0.1, -0.05) is 6.07 Å². The van der Waals surface area contributed by atoms with E-state index in [2.05, 4.69) is 5.32 Å². The van der Waals surface area contributed by atoms with Gasteiger partial charge in [-0.15, -0.1) is 0 Å². The first-order valence-corrected chi connectivity index (χ1v) is 11.2. The average Bonchev–Trinajstić information content (AvgIpc) is 3.00. The van der Waals surface area contributed by atoms with Gasteiger partial charge in [0.2, 0.25) is 5.91 Å². The third kappa shape index (κ3) is 5.50. The molecule has 2 aromatic carbocycles. The highest BCUT2D eigenvalue weighted by Crippen LogP contribution is 2.35. The van der Waals surface area contributed by atoms with E-state index in [-0.39, 0.29) is 11.4 Å². The number of benzene rings is 2. The van der Waals surface area contributed by atoms with Gasteiger partial charge >= 0.3 is 0 Å². The van der Waals surface area contributed by atoms with Gasteiger partial charge in [0.1, 0.15) is 18.0 Å². The first kappa shape index (κ1) is 23.4. The number of anilines is 1. The highest BCUT2D eigenvalue weighted by atomic mass is 32.2. The SMILES string of the molecule is CCOc1ccc(/C=C2/SC(=O)N(CC(=O)Nc3ccc(C)c(C)c3)C2=O)c(OCC)c1. The largest absolute Gasteiger partial charge is 0.494 e. The van der Waals surface area contributed by atoms with E-state index in [1.54, 1.807) is 30.3 Å². The molecule has 3 rings (SSSR count). The van der Waals surface area contributed by atoms with Crippen LogP contribution in [0, 0.1) is 13.8 Å². The van der Waals surface area contributed by atoms with Crippen molar-refractivity contribution in [2.24, 2.45) is 0 Å². The Bertz CT molecular complexity index is 1080. The summed E-state index contributed by atoms with van der Waals surface area (Å²) in [6, 6.07) is 10.8. The van der Waals surface area contributed by atoms with Crippen LogP contribution in [0.25, 0.3) is 6.08 Å². The zero-order valence-electron chi connectivity index (χ0n) is 18.6. The molecule has 1 aliphatic heterocycles. The molecule has 2 aromatic rings. The Labute approximate surface area is 191 Å². The molecule has 0 aromatic heterocycles. The first-order valence-electron chi connectivity index (χ1n) is 10.3. The van der Waals surface area contributed by atoms with Crippen LogP contribution in [0.1, 0.15) is 30.5 Å². The molecule has 32 heavy (non-hydrogen) atoms. The standard InChI is InChI=1S/C24H26N2O5S/c1-5-30-19-10-8-17(20(13-19)31-6-2)12-21-23(28)26(24(29)32-21)14-22(27)25-18-9-7-15(3)16(4)11-18/h7-13H,5-6,14H2,1-4H3,(H,25,27)/b21-12+. The van der Waals surface area contributed by atoms with E-state index in [0.29, 0.717) is 36.0 Å². The van der Waals surface area contributed by atoms with Gasteiger partial charge in [0.05, 0.1) is 18.1 Å². The molecule has 1 fully saturated rings. The van der Waals surface area contributed by atoms with Crippen LogP contribution in [-0.2, 0) is 9.59 Å². The number of amides is 3. The Morgan fingerprint density at radius 2 is 1.78 bits per heavy atom. The summed E-state index contributed by atoms with van der Waals surface area (Å²) in [5.41, 5.74) is 3.42. The fourth-order valence-electron chi connectivity index (χ4n) is 3.11. The van der Waals surface area contributed by atoms with E-state index in [4.69, 9.17) is 9.47 Å². The van der Waals surface area contributed by atoms with Crippen LogP contribution in [-0.4, -0.2) is 41.7 Å². The monoisotopic (exact) mass is 454 g/mol. The summed E-state index contributed by atoms with van der Waals surface area (Å²) in [6.45, 7) is 8.29. The summed E-state index contributed by atoms with van der Waals surface area (Å²) in [7, 11) is 0. The maximum absolute atomic E-state index is 12.8. The number of ether oxygens (including phenoxy) is 2. The van der Waals surface area contributed by atoms with Crippen molar-refractivity contribution in [3.05, 3.63) is 58.0 Å². The number of carbonyl (C=O) groups excluding carboxylic acids is 3. The lowest BCUT2D eigenvalue weighted by molar-refractivity contribution is -0.127. The van der Waals surface area contributed by atoms with Gasteiger partial charge in [-0.3, -0.25) is 19.3 Å². The van der Waals surface area contributed by atoms with E-state index in [9.17, 15) is 14.4 Å². The molecule has 1 aliphatic rings. The Hall–Kier alpha value is -3.26. The number of imide groups is 1. The molecule has 0 aliphatic carbocycles. The highest BCUT2D eigenvalue weighted by Gasteiger charge is 2.36. The lowest BCUT2D eigenvalue weighted by Gasteiger charge is -2.13.